The zero-order chi connectivity index (χ0) is 11.3. The number of para-hydroxylation sites is 1. The second-order valence-electron chi connectivity index (χ2n) is 3.45. The van der Waals surface area contributed by atoms with Gasteiger partial charge in [-0.25, -0.2) is 0 Å². The van der Waals surface area contributed by atoms with Crippen molar-refractivity contribution in [2.45, 2.75) is 19.4 Å². The van der Waals surface area contributed by atoms with Crippen LogP contribution in [0.3, 0.4) is 0 Å². The highest BCUT2D eigenvalue weighted by Gasteiger charge is 2.12. The first-order valence-corrected chi connectivity index (χ1v) is 4.79. The molecule has 3 heteroatoms. The van der Waals surface area contributed by atoms with Crippen molar-refractivity contribution >= 4 is 5.69 Å². The van der Waals surface area contributed by atoms with Crippen molar-refractivity contribution in [3.05, 3.63) is 29.8 Å². The molecule has 0 aliphatic rings. The van der Waals surface area contributed by atoms with E-state index in [0.717, 1.165) is 5.69 Å². The Balaban J connectivity index is 2.97. The van der Waals surface area contributed by atoms with Gasteiger partial charge in [0.1, 0.15) is 6.07 Å². The number of hydrogen-bond acceptors (Lipinski definition) is 3. The standard InChI is InChI=1S/C12H13N3/c1-10(7-8-13)15(2)12-6-4-3-5-11(12)9-14/h3-6,10H,7H2,1-2H3. The highest BCUT2D eigenvalue weighted by molar-refractivity contribution is 5.59. The van der Waals surface area contributed by atoms with Crippen LogP contribution in [0, 0.1) is 22.7 Å². The van der Waals surface area contributed by atoms with Crippen molar-refractivity contribution in [2.75, 3.05) is 11.9 Å². The molecular weight excluding hydrogens is 186 g/mol. The summed E-state index contributed by atoms with van der Waals surface area (Å²) in [6.07, 6.45) is 0.455. The van der Waals surface area contributed by atoms with Gasteiger partial charge in [-0.15, -0.1) is 0 Å². The molecule has 0 spiro atoms. The molecule has 15 heavy (non-hydrogen) atoms. The Hall–Kier alpha value is -2.00. The molecule has 0 amide bonds. The molecule has 1 aromatic carbocycles. The van der Waals surface area contributed by atoms with Gasteiger partial charge < -0.3 is 4.90 Å². The number of anilines is 1. The predicted octanol–water partition coefficient (Wildman–Crippen LogP) is 2.30. The molecule has 0 saturated carbocycles. The Bertz CT molecular complexity index is 412. The highest BCUT2D eigenvalue weighted by Crippen LogP contribution is 2.20. The molecule has 0 saturated heterocycles. The zero-order valence-electron chi connectivity index (χ0n) is 8.94. The summed E-state index contributed by atoms with van der Waals surface area (Å²) in [5, 5.41) is 17.6. The molecular formula is C12H13N3. The average molecular weight is 199 g/mol. The zero-order valence-corrected chi connectivity index (χ0v) is 8.94. The van der Waals surface area contributed by atoms with Crippen LogP contribution in [0.1, 0.15) is 18.9 Å². The van der Waals surface area contributed by atoms with Gasteiger partial charge in [-0.1, -0.05) is 12.1 Å². The maximum Gasteiger partial charge on any atom is 0.101 e. The van der Waals surface area contributed by atoms with Gasteiger partial charge in [0.05, 0.1) is 23.7 Å². The minimum Gasteiger partial charge on any atom is -0.370 e. The summed E-state index contributed by atoms with van der Waals surface area (Å²) in [7, 11) is 1.90. The second-order valence-corrected chi connectivity index (χ2v) is 3.45. The molecule has 0 radical (unpaired) electrons. The fraction of sp³-hybridized carbons (Fsp3) is 0.333. The number of nitriles is 2. The van der Waals surface area contributed by atoms with Crippen LogP contribution in [0.5, 0.6) is 0 Å². The van der Waals surface area contributed by atoms with Crippen LogP contribution in [0.4, 0.5) is 5.69 Å². The molecule has 0 aliphatic carbocycles. The molecule has 0 fully saturated rings. The Kier molecular flexibility index (Phi) is 3.71. The lowest BCUT2D eigenvalue weighted by Crippen LogP contribution is -2.28. The van der Waals surface area contributed by atoms with Crippen LogP contribution in [-0.4, -0.2) is 13.1 Å². The largest absolute Gasteiger partial charge is 0.370 e. The lowest BCUT2D eigenvalue weighted by atomic mass is 10.1. The van der Waals surface area contributed by atoms with E-state index in [-0.39, 0.29) is 6.04 Å². The maximum atomic E-state index is 8.94. The third kappa shape index (κ3) is 2.48. The van der Waals surface area contributed by atoms with Crippen molar-refractivity contribution in [3.8, 4) is 12.1 Å². The minimum absolute atomic E-state index is 0.115. The van der Waals surface area contributed by atoms with E-state index in [1.54, 1.807) is 6.07 Å². The van der Waals surface area contributed by atoms with E-state index in [0.29, 0.717) is 12.0 Å². The van der Waals surface area contributed by atoms with Crippen LogP contribution in [-0.2, 0) is 0 Å². The van der Waals surface area contributed by atoms with Crippen LogP contribution < -0.4 is 4.90 Å². The van der Waals surface area contributed by atoms with Crippen molar-refractivity contribution in [2.24, 2.45) is 0 Å². The Morgan fingerprint density at radius 1 is 1.33 bits per heavy atom. The maximum absolute atomic E-state index is 8.94. The SMILES string of the molecule is CC(CC#N)N(C)c1ccccc1C#N. The van der Waals surface area contributed by atoms with E-state index in [1.807, 2.05) is 37.1 Å². The van der Waals surface area contributed by atoms with Gasteiger partial charge in [-0.2, -0.15) is 10.5 Å². The smallest absolute Gasteiger partial charge is 0.101 e. The summed E-state index contributed by atoms with van der Waals surface area (Å²) in [6.45, 7) is 1.97. The summed E-state index contributed by atoms with van der Waals surface area (Å²) in [4.78, 5) is 1.96. The van der Waals surface area contributed by atoms with E-state index >= 15 is 0 Å². The van der Waals surface area contributed by atoms with Gasteiger partial charge in [0.2, 0.25) is 0 Å². The van der Waals surface area contributed by atoms with Crippen molar-refractivity contribution < 1.29 is 0 Å². The number of rotatable bonds is 3. The number of nitrogens with zero attached hydrogens (tertiary/aromatic N) is 3. The minimum atomic E-state index is 0.115. The molecule has 0 N–H and O–H groups in total. The molecule has 0 heterocycles. The summed E-state index contributed by atoms with van der Waals surface area (Å²) < 4.78 is 0. The normalized spacial score (nSPS) is 11.2. The molecule has 0 aliphatic heterocycles. The third-order valence-electron chi connectivity index (χ3n) is 2.45. The fourth-order valence-corrected chi connectivity index (χ4v) is 1.38. The van der Waals surface area contributed by atoms with Crippen molar-refractivity contribution in [3.63, 3.8) is 0 Å². The molecule has 3 nitrogen and oxygen atoms in total. The van der Waals surface area contributed by atoms with Crippen molar-refractivity contribution in [1.82, 2.24) is 0 Å². The molecule has 1 aromatic rings. The number of benzene rings is 1. The van der Waals surface area contributed by atoms with Gasteiger partial charge in [0.25, 0.3) is 0 Å². The third-order valence-corrected chi connectivity index (χ3v) is 2.45. The fourth-order valence-electron chi connectivity index (χ4n) is 1.38. The van der Waals surface area contributed by atoms with Crippen molar-refractivity contribution in [1.29, 1.82) is 10.5 Å². The summed E-state index contributed by atoms with van der Waals surface area (Å²) >= 11 is 0. The lowest BCUT2D eigenvalue weighted by molar-refractivity contribution is 0.702. The topological polar surface area (TPSA) is 50.8 Å². The predicted molar refractivity (Wildman–Crippen MR) is 59.3 cm³/mol. The van der Waals surface area contributed by atoms with E-state index in [1.165, 1.54) is 0 Å². The molecule has 1 rings (SSSR count). The lowest BCUT2D eigenvalue weighted by Gasteiger charge is -2.25. The summed E-state index contributed by atoms with van der Waals surface area (Å²) in [5.41, 5.74) is 1.52. The second kappa shape index (κ2) is 5.02. The van der Waals surface area contributed by atoms with Gasteiger partial charge in [0.15, 0.2) is 0 Å². The first-order valence-electron chi connectivity index (χ1n) is 4.79. The molecule has 0 aromatic heterocycles. The van der Waals surface area contributed by atoms with E-state index in [4.69, 9.17) is 10.5 Å². The number of hydrogen-bond donors (Lipinski definition) is 0. The first-order chi connectivity index (χ1) is 7.20. The van der Waals surface area contributed by atoms with E-state index in [9.17, 15) is 0 Å². The Morgan fingerprint density at radius 2 is 2.00 bits per heavy atom. The molecule has 0 bridgehead atoms. The van der Waals surface area contributed by atoms with Crippen LogP contribution in [0.2, 0.25) is 0 Å². The van der Waals surface area contributed by atoms with Gasteiger partial charge >= 0.3 is 0 Å². The van der Waals surface area contributed by atoms with E-state index in [2.05, 4.69) is 12.1 Å². The molecule has 1 atom stereocenters. The van der Waals surface area contributed by atoms with Crippen LogP contribution >= 0.6 is 0 Å². The quantitative estimate of drug-likeness (QED) is 0.750. The summed E-state index contributed by atoms with van der Waals surface area (Å²) in [6, 6.07) is 11.8. The average Bonchev–Trinajstić information content (AvgIpc) is 2.28. The summed E-state index contributed by atoms with van der Waals surface area (Å²) in [5.74, 6) is 0. The van der Waals surface area contributed by atoms with Crippen LogP contribution in [0.15, 0.2) is 24.3 Å². The Labute approximate surface area is 90.2 Å². The van der Waals surface area contributed by atoms with Gasteiger partial charge in [-0.05, 0) is 19.1 Å². The van der Waals surface area contributed by atoms with Gasteiger partial charge in [-0.3, -0.25) is 0 Å². The van der Waals surface area contributed by atoms with Gasteiger partial charge in [0, 0.05) is 13.1 Å². The van der Waals surface area contributed by atoms with Crippen LogP contribution in [0.25, 0.3) is 0 Å². The Morgan fingerprint density at radius 3 is 2.60 bits per heavy atom. The highest BCUT2D eigenvalue weighted by atomic mass is 15.1. The molecule has 76 valence electrons. The monoisotopic (exact) mass is 199 g/mol. The first kappa shape index (κ1) is 11.1. The van der Waals surface area contributed by atoms with E-state index < -0.39 is 0 Å². The molecule has 1 unspecified atom stereocenters.